The lowest BCUT2D eigenvalue weighted by molar-refractivity contribution is 0.649. The minimum atomic E-state index is 0.574. The highest BCUT2D eigenvalue weighted by atomic mass is 14.7. The third-order valence-corrected chi connectivity index (χ3v) is 3.19. The van der Waals surface area contributed by atoms with Crippen LogP contribution in [-0.2, 0) is 6.42 Å². The van der Waals surface area contributed by atoms with Gasteiger partial charge in [0.2, 0.25) is 0 Å². The van der Waals surface area contributed by atoms with Gasteiger partial charge in [0.1, 0.15) is 0 Å². The molecule has 1 aromatic heterocycles. The van der Waals surface area contributed by atoms with E-state index in [9.17, 15) is 0 Å². The first-order valence-corrected chi connectivity index (χ1v) is 6.26. The van der Waals surface area contributed by atoms with Crippen LogP contribution in [0.25, 0.3) is 0 Å². The molecule has 0 aliphatic carbocycles. The molecule has 0 spiro atoms. The van der Waals surface area contributed by atoms with Crippen molar-refractivity contribution in [1.29, 1.82) is 0 Å². The smallest absolute Gasteiger partial charge is 0.0409 e. The van der Waals surface area contributed by atoms with Gasteiger partial charge in [-0.15, -0.1) is 0 Å². The fourth-order valence-corrected chi connectivity index (χ4v) is 2.19. The van der Waals surface area contributed by atoms with Crippen molar-refractivity contribution < 1.29 is 0 Å². The van der Waals surface area contributed by atoms with Crippen LogP contribution in [0.2, 0.25) is 0 Å². The van der Waals surface area contributed by atoms with E-state index in [4.69, 9.17) is 0 Å². The van der Waals surface area contributed by atoms with Crippen LogP contribution in [0.3, 0.4) is 0 Å². The van der Waals surface area contributed by atoms with Gasteiger partial charge in [-0.25, -0.2) is 0 Å². The molecule has 0 aliphatic heterocycles. The molecule has 1 nitrogen and oxygen atoms in total. The molecule has 2 rings (SSSR count). The van der Waals surface area contributed by atoms with Crippen LogP contribution in [-0.4, -0.2) is 4.98 Å². The van der Waals surface area contributed by atoms with E-state index in [1.807, 2.05) is 12.3 Å². The third-order valence-electron chi connectivity index (χ3n) is 3.19. The second-order valence-electron chi connectivity index (χ2n) is 4.54. The number of aryl methyl sites for hydroxylation is 1. The summed E-state index contributed by atoms with van der Waals surface area (Å²) in [5.74, 6) is 0.574. The molecule has 0 amide bonds. The number of pyridine rings is 1. The van der Waals surface area contributed by atoms with Crippen LogP contribution >= 0.6 is 0 Å². The summed E-state index contributed by atoms with van der Waals surface area (Å²) >= 11 is 0. The minimum Gasteiger partial charge on any atom is -0.261 e. The predicted molar refractivity (Wildman–Crippen MR) is 72.2 cm³/mol. The zero-order chi connectivity index (χ0) is 12.1. The molecule has 1 unspecified atom stereocenters. The number of rotatable bonds is 4. The Kier molecular flexibility index (Phi) is 3.92. The maximum Gasteiger partial charge on any atom is 0.0409 e. The number of hydrogen-bond acceptors (Lipinski definition) is 1. The van der Waals surface area contributed by atoms with Crippen molar-refractivity contribution in [2.24, 2.45) is 0 Å². The maximum atomic E-state index is 4.41. The number of hydrogen-bond donors (Lipinski definition) is 0. The van der Waals surface area contributed by atoms with Gasteiger partial charge in [-0.1, -0.05) is 42.8 Å². The van der Waals surface area contributed by atoms with E-state index in [1.54, 1.807) is 0 Å². The number of nitrogens with zero attached hydrogens (tertiary/aromatic N) is 1. The third kappa shape index (κ3) is 3.16. The van der Waals surface area contributed by atoms with Gasteiger partial charge in [0, 0.05) is 11.9 Å². The molecule has 1 atom stereocenters. The van der Waals surface area contributed by atoms with E-state index in [1.165, 1.54) is 16.8 Å². The molecule has 0 aliphatic rings. The van der Waals surface area contributed by atoms with E-state index in [-0.39, 0.29) is 0 Å². The Hall–Kier alpha value is -1.63. The highest BCUT2D eigenvalue weighted by molar-refractivity contribution is 5.26. The first kappa shape index (κ1) is 11.8. The summed E-state index contributed by atoms with van der Waals surface area (Å²) < 4.78 is 0. The van der Waals surface area contributed by atoms with Gasteiger partial charge in [0.25, 0.3) is 0 Å². The largest absolute Gasteiger partial charge is 0.261 e. The van der Waals surface area contributed by atoms with Crippen molar-refractivity contribution in [2.45, 2.75) is 32.6 Å². The lowest BCUT2D eigenvalue weighted by atomic mass is 9.91. The Morgan fingerprint density at radius 2 is 2.00 bits per heavy atom. The summed E-state index contributed by atoms with van der Waals surface area (Å²) in [4.78, 5) is 4.41. The molecule has 2 aromatic rings. The zero-order valence-corrected chi connectivity index (χ0v) is 10.6. The maximum absolute atomic E-state index is 4.41. The predicted octanol–water partition coefficient (Wildman–Crippen LogP) is 4.13. The molecular weight excluding hydrogens is 206 g/mol. The fourth-order valence-electron chi connectivity index (χ4n) is 2.19. The van der Waals surface area contributed by atoms with Crippen LogP contribution in [0.4, 0.5) is 0 Å². The Balaban J connectivity index is 2.17. The first-order chi connectivity index (χ1) is 8.29. The van der Waals surface area contributed by atoms with Gasteiger partial charge in [0.05, 0.1) is 0 Å². The summed E-state index contributed by atoms with van der Waals surface area (Å²) in [5.41, 5.74) is 3.95. The highest BCUT2D eigenvalue weighted by Crippen LogP contribution is 2.24. The summed E-state index contributed by atoms with van der Waals surface area (Å²) in [6, 6.07) is 14.9. The Morgan fingerprint density at radius 3 is 2.65 bits per heavy atom. The van der Waals surface area contributed by atoms with Gasteiger partial charge in [-0.2, -0.15) is 0 Å². The summed E-state index contributed by atoms with van der Waals surface area (Å²) in [7, 11) is 0. The number of aromatic nitrogens is 1. The average molecular weight is 225 g/mol. The Bertz CT molecular complexity index is 462. The quantitative estimate of drug-likeness (QED) is 0.762. The SMILES string of the molecule is CCC(Cc1ccccn1)c1cccc(C)c1. The van der Waals surface area contributed by atoms with Crippen LogP contribution in [0.5, 0.6) is 0 Å². The van der Waals surface area contributed by atoms with Gasteiger partial charge >= 0.3 is 0 Å². The minimum absolute atomic E-state index is 0.574. The first-order valence-electron chi connectivity index (χ1n) is 6.26. The van der Waals surface area contributed by atoms with E-state index in [0.717, 1.165) is 12.8 Å². The average Bonchev–Trinajstić information content (AvgIpc) is 2.37. The van der Waals surface area contributed by atoms with E-state index in [2.05, 4.69) is 55.2 Å². The Morgan fingerprint density at radius 1 is 1.12 bits per heavy atom. The Labute approximate surface area is 104 Å². The molecular formula is C16H19N. The molecule has 0 radical (unpaired) electrons. The fraction of sp³-hybridized carbons (Fsp3) is 0.312. The lowest BCUT2D eigenvalue weighted by Gasteiger charge is -2.15. The van der Waals surface area contributed by atoms with Crippen molar-refractivity contribution in [3.05, 3.63) is 65.5 Å². The molecule has 0 bridgehead atoms. The molecule has 0 fully saturated rings. The van der Waals surface area contributed by atoms with Gasteiger partial charge in [-0.05, 0) is 43.4 Å². The van der Waals surface area contributed by atoms with Crippen molar-refractivity contribution >= 4 is 0 Å². The van der Waals surface area contributed by atoms with E-state index < -0.39 is 0 Å². The number of benzene rings is 1. The molecule has 0 saturated carbocycles. The lowest BCUT2D eigenvalue weighted by Crippen LogP contribution is -2.03. The monoisotopic (exact) mass is 225 g/mol. The summed E-state index contributed by atoms with van der Waals surface area (Å²) in [6.45, 7) is 4.40. The van der Waals surface area contributed by atoms with Crippen LogP contribution in [0.15, 0.2) is 48.7 Å². The van der Waals surface area contributed by atoms with E-state index >= 15 is 0 Å². The topological polar surface area (TPSA) is 12.9 Å². The van der Waals surface area contributed by atoms with Crippen molar-refractivity contribution in [2.75, 3.05) is 0 Å². The molecule has 1 heteroatoms. The van der Waals surface area contributed by atoms with Crippen LogP contribution in [0.1, 0.15) is 36.1 Å². The molecule has 1 heterocycles. The van der Waals surface area contributed by atoms with Crippen molar-refractivity contribution in [1.82, 2.24) is 4.98 Å². The molecule has 0 N–H and O–H groups in total. The van der Waals surface area contributed by atoms with Gasteiger partial charge in [0.15, 0.2) is 0 Å². The standard InChI is InChI=1S/C16H19N/c1-3-14(12-16-9-4-5-10-17-16)15-8-6-7-13(2)11-15/h4-11,14H,3,12H2,1-2H3. The van der Waals surface area contributed by atoms with Gasteiger partial charge in [-0.3, -0.25) is 4.98 Å². The van der Waals surface area contributed by atoms with Crippen LogP contribution in [0, 0.1) is 6.92 Å². The molecule has 88 valence electrons. The normalized spacial score (nSPS) is 12.4. The molecule has 17 heavy (non-hydrogen) atoms. The van der Waals surface area contributed by atoms with Crippen molar-refractivity contribution in [3.63, 3.8) is 0 Å². The second kappa shape index (κ2) is 5.62. The van der Waals surface area contributed by atoms with Gasteiger partial charge < -0.3 is 0 Å². The summed E-state index contributed by atoms with van der Waals surface area (Å²) in [6.07, 6.45) is 4.05. The van der Waals surface area contributed by atoms with E-state index in [0.29, 0.717) is 5.92 Å². The second-order valence-corrected chi connectivity index (χ2v) is 4.54. The summed E-state index contributed by atoms with van der Waals surface area (Å²) in [5, 5.41) is 0. The zero-order valence-electron chi connectivity index (χ0n) is 10.6. The van der Waals surface area contributed by atoms with Crippen LogP contribution < -0.4 is 0 Å². The molecule has 1 aromatic carbocycles. The molecule has 0 saturated heterocycles. The highest BCUT2D eigenvalue weighted by Gasteiger charge is 2.10. The van der Waals surface area contributed by atoms with Crippen molar-refractivity contribution in [3.8, 4) is 0 Å².